The van der Waals surface area contributed by atoms with E-state index in [4.69, 9.17) is 9.47 Å². The number of nitrogens with zero attached hydrogens (tertiary/aromatic N) is 2. The lowest BCUT2D eigenvalue weighted by Crippen LogP contribution is -2.36. The first-order chi connectivity index (χ1) is 14.8. The van der Waals surface area contributed by atoms with Gasteiger partial charge in [0.05, 0.1) is 30.7 Å². The van der Waals surface area contributed by atoms with Crippen molar-refractivity contribution in [3.8, 4) is 0 Å². The third kappa shape index (κ3) is 5.96. The van der Waals surface area contributed by atoms with Crippen LogP contribution >= 0.6 is 0 Å². The van der Waals surface area contributed by atoms with Gasteiger partial charge in [-0.3, -0.25) is 9.10 Å². The highest BCUT2D eigenvalue weighted by Gasteiger charge is 2.21. The maximum atomic E-state index is 12.4. The Hall–Kier alpha value is -3.11. The van der Waals surface area contributed by atoms with Gasteiger partial charge in [-0.2, -0.15) is 0 Å². The molecule has 0 aromatic heterocycles. The fourth-order valence-electron chi connectivity index (χ4n) is 3.08. The zero-order valence-corrected chi connectivity index (χ0v) is 18.2. The molecule has 0 aliphatic carbocycles. The molecule has 31 heavy (non-hydrogen) atoms. The number of anilines is 3. The van der Waals surface area contributed by atoms with Crippen LogP contribution in [-0.4, -0.2) is 66.5 Å². The lowest BCUT2D eigenvalue weighted by atomic mass is 10.2. The predicted octanol–water partition coefficient (Wildman–Crippen LogP) is 1.71. The number of esters is 1. The van der Waals surface area contributed by atoms with Gasteiger partial charge < -0.3 is 19.7 Å². The van der Waals surface area contributed by atoms with Gasteiger partial charge in [-0.05, 0) is 36.4 Å². The Morgan fingerprint density at radius 2 is 1.74 bits per heavy atom. The number of para-hydroxylation sites is 1. The molecule has 1 saturated heterocycles. The van der Waals surface area contributed by atoms with Crippen molar-refractivity contribution in [3.05, 3.63) is 54.1 Å². The maximum absolute atomic E-state index is 12.4. The molecule has 0 saturated carbocycles. The average molecular weight is 448 g/mol. The van der Waals surface area contributed by atoms with Crippen LogP contribution in [0.25, 0.3) is 0 Å². The summed E-state index contributed by atoms with van der Waals surface area (Å²) in [6.45, 7) is 2.51. The van der Waals surface area contributed by atoms with Gasteiger partial charge in [-0.15, -0.1) is 0 Å². The van der Waals surface area contributed by atoms with Gasteiger partial charge in [-0.25, -0.2) is 13.2 Å². The second-order valence-electron chi connectivity index (χ2n) is 7.02. The predicted molar refractivity (Wildman–Crippen MR) is 118 cm³/mol. The van der Waals surface area contributed by atoms with Crippen LogP contribution in [0.15, 0.2) is 48.5 Å². The first-order valence-electron chi connectivity index (χ1n) is 9.68. The summed E-state index contributed by atoms with van der Waals surface area (Å²) in [6.07, 6.45) is 1.03. The lowest BCUT2D eigenvalue weighted by Gasteiger charge is -2.28. The first kappa shape index (κ1) is 22.6. The average Bonchev–Trinajstić information content (AvgIpc) is 2.77. The number of carbonyl (C=O) groups is 2. The van der Waals surface area contributed by atoms with Gasteiger partial charge in [0.25, 0.3) is 5.91 Å². The number of benzene rings is 2. The molecule has 1 aliphatic rings. The fourth-order valence-corrected chi connectivity index (χ4v) is 3.60. The number of ether oxygens (including phenoxy) is 2. The van der Waals surface area contributed by atoms with E-state index in [1.807, 2.05) is 12.1 Å². The topological polar surface area (TPSA) is 105 Å². The van der Waals surface area contributed by atoms with E-state index in [0.717, 1.165) is 29.3 Å². The van der Waals surface area contributed by atoms with Crippen LogP contribution < -0.4 is 14.5 Å². The van der Waals surface area contributed by atoms with Gasteiger partial charge in [0.15, 0.2) is 6.61 Å². The number of nitrogens with one attached hydrogen (secondary N) is 1. The van der Waals surface area contributed by atoms with Crippen molar-refractivity contribution in [2.75, 3.05) is 60.7 Å². The van der Waals surface area contributed by atoms with Crippen molar-refractivity contribution in [3.63, 3.8) is 0 Å². The van der Waals surface area contributed by atoms with Crippen molar-refractivity contribution in [2.24, 2.45) is 0 Å². The second-order valence-corrected chi connectivity index (χ2v) is 9.03. The molecule has 9 nitrogen and oxygen atoms in total. The molecule has 1 heterocycles. The van der Waals surface area contributed by atoms with Crippen molar-refractivity contribution < 1.29 is 27.5 Å². The number of morpholine rings is 1. The zero-order chi connectivity index (χ0) is 22.4. The Morgan fingerprint density at radius 1 is 1.10 bits per heavy atom. The van der Waals surface area contributed by atoms with Crippen molar-refractivity contribution in [1.82, 2.24) is 0 Å². The first-order valence-corrected chi connectivity index (χ1v) is 11.5. The van der Waals surface area contributed by atoms with E-state index in [9.17, 15) is 18.0 Å². The summed E-state index contributed by atoms with van der Waals surface area (Å²) in [6, 6.07) is 13.5. The molecular weight excluding hydrogens is 422 g/mol. The monoisotopic (exact) mass is 447 g/mol. The normalized spacial score (nSPS) is 14.1. The quantitative estimate of drug-likeness (QED) is 0.644. The number of sulfonamides is 1. The third-order valence-electron chi connectivity index (χ3n) is 4.82. The van der Waals surface area contributed by atoms with Crippen LogP contribution in [0.3, 0.4) is 0 Å². The molecule has 0 spiro atoms. The van der Waals surface area contributed by atoms with Crippen LogP contribution in [0, 0.1) is 0 Å². The van der Waals surface area contributed by atoms with E-state index < -0.39 is 28.5 Å². The Labute approximate surface area is 181 Å². The van der Waals surface area contributed by atoms with E-state index in [1.54, 1.807) is 24.3 Å². The summed E-state index contributed by atoms with van der Waals surface area (Å²) >= 11 is 0. The molecule has 0 radical (unpaired) electrons. The van der Waals surface area contributed by atoms with Crippen molar-refractivity contribution >= 4 is 39.0 Å². The highest BCUT2D eigenvalue weighted by Crippen LogP contribution is 2.22. The van der Waals surface area contributed by atoms with E-state index in [-0.39, 0.29) is 11.3 Å². The SMILES string of the molecule is CN(c1ccccc1C(=O)OCC(=O)Nc1ccc(N2CCOCC2)cc1)S(C)(=O)=O. The molecule has 0 atom stereocenters. The molecule has 3 rings (SSSR count). The Balaban J connectivity index is 1.57. The van der Waals surface area contributed by atoms with Gasteiger partial charge in [0, 0.05) is 31.5 Å². The molecule has 10 heteroatoms. The number of amides is 1. The van der Waals surface area contributed by atoms with Gasteiger partial charge in [-0.1, -0.05) is 12.1 Å². The summed E-state index contributed by atoms with van der Waals surface area (Å²) in [7, 11) is -2.22. The Kier molecular flexibility index (Phi) is 7.13. The van der Waals surface area contributed by atoms with Crippen LogP contribution in [0.2, 0.25) is 0 Å². The molecule has 1 amide bonds. The summed E-state index contributed by atoms with van der Waals surface area (Å²) in [4.78, 5) is 26.8. The molecule has 1 aliphatic heterocycles. The molecule has 0 unspecified atom stereocenters. The highest BCUT2D eigenvalue weighted by atomic mass is 32.2. The summed E-state index contributed by atoms with van der Waals surface area (Å²) < 4.78 is 35.0. The Morgan fingerprint density at radius 3 is 2.39 bits per heavy atom. The molecule has 1 fully saturated rings. The minimum Gasteiger partial charge on any atom is -0.452 e. The fraction of sp³-hybridized carbons (Fsp3) is 0.333. The van der Waals surface area contributed by atoms with Gasteiger partial charge in [0.1, 0.15) is 0 Å². The molecule has 0 bridgehead atoms. The van der Waals surface area contributed by atoms with Crippen molar-refractivity contribution in [2.45, 2.75) is 0 Å². The molecular formula is C21H25N3O6S. The van der Waals surface area contributed by atoms with E-state index >= 15 is 0 Å². The summed E-state index contributed by atoms with van der Waals surface area (Å²) in [5, 5.41) is 2.67. The number of rotatable bonds is 7. The van der Waals surface area contributed by atoms with Crippen LogP contribution in [0.4, 0.5) is 17.1 Å². The number of hydrogen-bond donors (Lipinski definition) is 1. The summed E-state index contributed by atoms with van der Waals surface area (Å²) in [5.74, 6) is -1.29. The second kappa shape index (κ2) is 9.80. The molecule has 1 N–H and O–H groups in total. The smallest absolute Gasteiger partial charge is 0.340 e. The van der Waals surface area contributed by atoms with Gasteiger partial charge >= 0.3 is 5.97 Å². The number of hydrogen-bond acceptors (Lipinski definition) is 7. The largest absolute Gasteiger partial charge is 0.452 e. The Bertz CT molecular complexity index is 1030. The van der Waals surface area contributed by atoms with Crippen LogP contribution in [0.5, 0.6) is 0 Å². The molecule has 2 aromatic carbocycles. The minimum atomic E-state index is -3.56. The lowest BCUT2D eigenvalue weighted by molar-refractivity contribution is -0.119. The third-order valence-corrected chi connectivity index (χ3v) is 6.01. The van der Waals surface area contributed by atoms with E-state index in [1.165, 1.54) is 19.2 Å². The zero-order valence-electron chi connectivity index (χ0n) is 17.4. The standard InChI is InChI=1S/C21H25N3O6S/c1-23(31(2,27)28)19-6-4-3-5-18(19)21(26)30-15-20(25)22-16-7-9-17(10-8-16)24-11-13-29-14-12-24/h3-10H,11-15H2,1-2H3,(H,22,25). The van der Waals surface area contributed by atoms with E-state index in [0.29, 0.717) is 18.9 Å². The van der Waals surface area contributed by atoms with E-state index in [2.05, 4.69) is 10.2 Å². The highest BCUT2D eigenvalue weighted by molar-refractivity contribution is 7.92. The molecule has 2 aromatic rings. The minimum absolute atomic E-state index is 0.0538. The summed E-state index contributed by atoms with van der Waals surface area (Å²) in [5.41, 5.74) is 1.85. The molecule has 166 valence electrons. The van der Waals surface area contributed by atoms with Crippen LogP contribution in [0.1, 0.15) is 10.4 Å². The van der Waals surface area contributed by atoms with Gasteiger partial charge in [0.2, 0.25) is 10.0 Å². The number of carbonyl (C=O) groups excluding carboxylic acids is 2. The van der Waals surface area contributed by atoms with Crippen molar-refractivity contribution in [1.29, 1.82) is 0 Å². The maximum Gasteiger partial charge on any atom is 0.340 e. The van der Waals surface area contributed by atoms with Crippen LogP contribution in [-0.2, 0) is 24.3 Å².